The fourth-order valence-corrected chi connectivity index (χ4v) is 2.71. The quantitative estimate of drug-likeness (QED) is 0.734. The van der Waals surface area contributed by atoms with Crippen molar-refractivity contribution in [3.8, 4) is 0 Å². The van der Waals surface area contributed by atoms with Crippen LogP contribution in [0.3, 0.4) is 0 Å². The molecule has 1 heteroatoms. The van der Waals surface area contributed by atoms with Gasteiger partial charge in [0.05, 0.1) is 0 Å². The van der Waals surface area contributed by atoms with E-state index >= 15 is 4.39 Å². The van der Waals surface area contributed by atoms with Crippen LogP contribution in [0.1, 0.15) is 16.7 Å². The summed E-state index contributed by atoms with van der Waals surface area (Å²) in [5.74, 6) is 0. The highest BCUT2D eigenvalue weighted by molar-refractivity contribution is 5.78. The highest BCUT2D eigenvalue weighted by Gasteiger charge is 2.40. The van der Waals surface area contributed by atoms with Gasteiger partial charge in [0, 0.05) is 12.8 Å². The van der Waals surface area contributed by atoms with Crippen LogP contribution in [-0.2, 0) is 12.8 Å². The molecule has 1 aliphatic rings. The van der Waals surface area contributed by atoms with Gasteiger partial charge in [0.1, 0.15) is 5.67 Å². The molecule has 1 atom stereocenters. The van der Waals surface area contributed by atoms with Gasteiger partial charge in [-0.15, -0.1) is 0 Å². The Balaban J connectivity index is 1.93. The van der Waals surface area contributed by atoms with Crippen LogP contribution in [0.15, 0.2) is 61.2 Å². The van der Waals surface area contributed by atoms with Gasteiger partial charge in [0.2, 0.25) is 0 Å². The van der Waals surface area contributed by atoms with Gasteiger partial charge in [-0.3, -0.25) is 0 Å². The summed E-state index contributed by atoms with van der Waals surface area (Å²) in [6.45, 7) is 3.97. The first-order chi connectivity index (χ1) is 8.69. The first kappa shape index (κ1) is 11.2. The van der Waals surface area contributed by atoms with Crippen molar-refractivity contribution in [3.63, 3.8) is 0 Å². The van der Waals surface area contributed by atoms with Crippen LogP contribution in [0.4, 0.5) is 4.39 Å². The third kappa shape index (κ3) is 1.76. The lowest BCUT2D eigenvalue weighted by Crippen LogP contribution is -2.25. The molecule has 0 aliphatic heterocycles. The third-order valence-corrected chi connectivity index (χ3v) is 3.68. The summed E-state index contributed by atoms with van der Waals surface area (Å²) in [4.78, 5) is 0. The molecule has 0 amide bonds. The molecule has 0 N–H and O–H groups in total. The zero-order valence-electron chi connectivity index (χ0n) is 10.2. The Kier molecular flexibility index (Phi) is 2.55. The first-order valence-corrected chi connectivity index (χ1v) is 6.19. The summed E-state index contributed by atoms with van der Waals surface area (Å²) in [6.07, 6.45) is 0.845. The van der Waals surface area contributed by atoms with E-state index in [0.717, 1.165) is 16.7 Å². The number of allylic oxidation sites excluding steroid dienone is 1. The second kappa shape index (κ2) is 4.09. The predicted molar refractivity (Wildman–Crippen MR) is 73.2 cm³/mol. The van der Waals surface area contributed by atoms with E-state index in [1.54, 1.807) is 0 Å². The van der Waals surface area contributed by atoms with Crippen LogP contribution in [0.2, 0.25) is 0 Å². The summed E-state index contributed by atoms with van der Waals surface area (Å²) >= 11 is 0. The molecule has 1 unspecified atom stereocenters. The molecule has 2 aromatic carbocycles. The zero-order chi connectivity index (χ0) is 12.6. The second-order valence-electron chi connectivity index (χ2n) is 4.94. The molecule has 18 heavy (non-hydrogen) atoms. The Hall–Kier alpha value is -1.89. The molecule has 0 aromatic heterocycles. The van der Waals surface area contributed by atoms with E-state index in [1.165, 1.54) is 0 Å². The molecular formula is C17H15F. The number of alkyl halides is 1. The molecule has 0 bridgehead atoms. The maximum atomic E-state index is 15.1. The molecule has 0 radical (unpaired) electrons. The van der Waals surface area contributed by atoms with Crippen LogP contribution in [0, 0.1) is 0 Å². The van der Waals surface area contributed by atoms with Gasteiger partial charge in [-0.05, 0) is 22.3 Å². The van der Waals surface area contributed by atoms with Gasteiger partial charge < -0.3 is 0 Å². The van der Waals surface area contributed by atoms with Crippen molar-refractivity contribution in [2.45, 2.75) is 18.5 Å². The molecule has 90 valence electrons. The van der Waals surface area contributed by atoms with Crippen LogP contribution >= 0.6 is 0 Å². The average Bonchev–Trinajstić information content (AvgIpc) is 2.63. The number of hydrogen-bond donors (Lipinski definition) is 0. The minimum atomic E-state index is -1.33. The van der Waals surface area contributed by atoms with Gasteiger partial charge >= 0.3 is 0 Å². The molecule has 0 spiro atoms. The molecule has 2 aromatic rings. The van der Waals surface area contributed by atoms with Gasteiger partial charge in [-0.1, -0.05) is 61.2 Å². The van der Waals surface area contributed by atoms with E-state index in [9.17, 15) is 0 Å². The topological polar surface area (TPSA) is 0 Å². The molecule has 1 aliphatic carbocycles. The maximum absolute atomic E-state index is 15.1. The summed E-state index contributed by atoms with van der Waals surface area (Å²) in [7, 11) is 0. The molecule has 0 saturated carbocycles. The average molecular weight is 237 g/mol. The summed E-state index contributed by atoms with van der Waals surface area (Å²) in [6, 6.07) is 17.6. The van der Waals surface area contributed by atoms with Gasteiger partial charge in [0.25, 0.3) is 0 Å². The van der Waals surface area contributed by atoms with E-state index in [0.29, 0.717) is 18.4 Å². The fraction of sp³-hybridized carbons (Fsp3) is 0.176. The van der Waals surface area contributed by atoms with Gasteiger partial charge in [0.15, 0.2) is 0 Å². The van der Waals surface area contributed by atoms with E-state index in [1.807, 2.05) is 54.6 Å². The monoisotopic (exact) mass is 237 g/mol. The minimum Gasteiger partial charge on any atom is -0.238 e. The van der Waals surface area contributed by atoms with E-state index in [-0.39, 0.29) is 0 Å². The number of benzene rings is 2. The maximum Gasteiger partial charge on any atom is 0.144 e. The standard InChI is InChI=1S/C17H15F/c1-13-16-10-6-5-9-15(16)12-17(13,18)11-14-7-3-2-4-8-14/h2-10H,1,11-12H2/i18-1. The lowest BCUT2D eigenvalue weighted by atomic mass is 9.90. The Morgan fingerprint density at radius 1 is 1.00 bits per heavy atom. The summed E-state index contributed by atoms with van der Waals surface area (Å²) in [5, 5.41) is 0. The van der Waals surface area contributed by atoms with Crippen LogP contribution in [0.25, 0.3) is 5.57 Å². The van der Waals surface area contributed by atoms with E-state index in [4.69, 9.17) is 0 Å². The predicted octanol–water partition coefficient (Wildman–Crippen LogP) is 4.21. The lowest BCUT2D eigenvalue weighted by molar-refractivity contribution is 0.251. The van der Waals surface area contributed by atoms with Crippen molar-refractivity contribution in [3.05, 3.63) is 77.9 Å². The molecule has 0 nitrogen and oxygen atoms in total. The van der Waals surface area contributed by atoms with E-state index in [2.05, 4.69) is 6.58 Å². The van der Waals surface area contributed by atoms with Crippen LogP contribution in [-0.4, -0.2) is 5.67 Å². The number of hydrogen-bond acceptors (Lipinski definition) is 0. The smallest absolute Gasteiger partial charge is 0.144 e. The number of rotatable bonds is 2. The van der Waals surface area contributed by atoms with Crippen molar-refractivity contribution in [2.75, 3.05) is 0 Å². The van der Waals surface area contributed by atoms with Gasteiger partial charge in [-0.2, -0.15) is 0 Å². The van der Waals surface area contributed by atoms with Crippen molar-refractivity contribution < 1.29 is 4.39 Å². The SMILES string of the molecule is C=C1c2ccccc2CC1([18F])Cc1ccccc1. The molecule has 0 fully saturated rings. The van der Waals surface area contributed by atoms with Crippen molar-refractivity contribution in [1.82, 2.24) is 0 Å². The van der Waals surface area contributed by atoms with Crippen LogP contribution in [0.5, 0.6) is 0 Å². The third-order valence-electron chi connectivity index (χ3n) is 3.68. The van der Waals surface area contributed by atoms with Crippen molar-refractivity contribution in [1.29, 1.82) is 0 Å². The highest BCUT2D eigenvalue weighted by Crippen LogP contribution is 2.43. The van der Waals surface area contributed by atoms with Crippen LogP contribution < -0.4 is 0 Å². The summed E-state index contributed by atoms with van der Waals surface area (Å²) < 4.78 is 15.1. The Labute approximate surface area is 107 Å². The Morgan fingerprint density at radius 3 is 2.39 bits per heavy atom. The van der Waals surface area contributed by atoms with E-state index < -0.39 is 5.67 Å². The Bertz CT molecular complexity index is 586. The number of halogens is 1. The molecule has 0 heterocycles. The van der Waals surface area contributed by atoms with Crippen molar-refractivity contribution in [2.24, 2.45) is 0 Å². The molecule has 3 rings (SSSR count). The number of fused-ring (bicyclic) bond motifs is 1. The normalized spacial score (nSPS) is 21.9. The summed E-state index contributed by atoms with van der Waals surface area (Å²) in [5.41, 5.74) is 2.37. The fourth-order valence-electron chi connectivity index (χ4n) is 2.71. The minimum absolute atomic E-state index is 0.404. The largest absolute Gasteiger partial charge is 0.238 e. The molecular weight excluding hydrogens is 222 g/mol. The first-order valence-electron chi connectivity index (χ1n) is 6.19. The van der Waals surface area contributed by atoms with Gasteiger partial charge in [-0.25, -0.2) is 4.39 Å². The Morgan fingerprint density at radius 2 is 1.67 bits per heavy atom. The zero-order valence-corrected chi connectivity index (χ0v) is 10.2. The highest BCUT2D eigenvalue weighted by atomic mass is 18.2. The lowest BCUT2D eigenvalue weighted by Gasteiger charge is -2.21. The molecule has 0 saturated heterocycles. The van der Waals surface area contributed by atoms with Crippen molar-refractivity contribution >= 4 is 5.57 Å². The second-order valence-corrected chi connectivity index (χ2v) is 4.94.